The van der Waals surface area contributed by atoms with Gasteiger partial charge in [-0.1, -0.05) is 13.8 Å². The molecule has 2 rings (SSSR count). The van der Waals surface area contributed by atoms with E-state index >= 15 is 0 Å². The first kappa shape index (κ1) is 16.2. The van der Waals surface area contributed by atoms with Crippen LogP contribution in [0.5, 0.6) is 0 Å². The van der Waals surface area contributed by atoms with Gasteiger partial charge in [0, 0.05) is 44.2 Å². The van der Waals surface area contributed by atoms with Crippen LogP contribution in [0.25, 0.3) is 0 Å². The molecule has 1 aromatic heterocycles. The van der Waals surface area contributed by atoms with Gasteiger partial charge in [-0.3, -0.25) is 4.98 Å². The number of nitrogens with one attached hydrogen (secondary N) is 1. The number of aromatic nitrogens is 1. The van der Waals surface area contributed by atoms with Gasteiger partial charge in [-0.05, 0) is 37.8 Å². The molecule has 1 heterocycles. The summed E-state index contributed by atoms with van der Waals surface area (Å²) in [6.07, 6.45) is 6.86. The van der Waals surface area contributed by atoms with E-state index in [-0.39, 0.29) is 0 Å². The monoisotopic (exact) mass is 291 g/mol. The highest BCUT2D eigenvalue weighted by Gasteiger charge is 2.20. The van der Waals surface area contributed by atoms with E-state index in [1.165, 1.54) is 18.5 Å². The molecular weight excluding hydrogens is 262 g/mol. The Bertz CT molecular complexity index is 416. The fraction of sp³-hybridized carbons (Fsp3) is 0.706. The van der Waals surface area contributed by atoms with Crippen LogP contribution in [0.3, 0.4) is 0 Å². The van der Waals surface area contributed by atoms with Crippen LogP contribution in [0, 0.1) is 0 Å². The van der Waals surface area contributed by atoms with Gasteiger partial charge in [0.2, 0.25) is 0 Å². The lowest BCUT2D eigenvalue weighted by Crippen LogP contribution is -2.37. The Kier molecular flexibility index (Phi) is 6.46. The molecule has 0 aromatic carbocycles. The standard InChI is InChI=1S/C17H29N3O/c1-4-16(5-2)20(10-11-21-3)17-8-9-18-15(12-17)13-19-14-6-7-14/h8-9,12,14,16,19H,4-7,10-11,13H2,1-3H3. The van der Waals surface area contributed by atoms with Gasteiger partial charge in [0.15, 0.2) is 0 Å². The van der Waals surface area contributed by atoms with E-state index in [1.54, 1.807) is 7.11 Å². The quantitative estimate of drug-likeness (QED) is 0.719. The number of anilines is 1. The highest BCUT2D eigenvalue weighted by atomic mass is 16.5. The molecule has 0 atom stereocenters. The average Bonchev–Trinajstić information content (AvgIpc) is 3.34. The second kappa shape index (κ2) is 8.35. The molecule has 118 valence electrons. The summed E-state index contributed by atoms with van der Waals surface area (Å²) in [6, 6.07) is 5.63. The first-order valence-corrected chi connectivity index (χ1v) is 8.22. The van der Waals surface area contributed by atoms with Gasteiger partial charge in [0.25, 0.3) is 0 Å². The average molecular weight is 291 g/mol. The smallest absolute Gasteiger partial charge is 0.0637 e. The van der Waals surface area contributed by atoms with Crippen molar-refractivity contribution < 1.29 is 4.74 Å². The molecule has 1 aliphatic rings. The SMILES string of the molecule is CCC(CC)N(CCOC)c1ccnc(CNC2CC2)c1. The van der Waals surface area contributed by atoms with Crippen molar-refractivity contribution in [1.29, 1.82) is 0 Å². The number of methoxy groups -OCH3 is 1. The van der Waals surface area contributed by atoms with Crippen molar-refractivity contribution in [2.45, 2.75) is 58.2 Å². The summed E-state index contributed by atoms with van der Waals surface area (Å²) < 4.78 is 5.28. The predicted molar refractivity (Wildman–Crippen MR) is 87.7 cm³/mol. The predicted octanol–water partition coefficient (Wildman–Crippen LogP) is 2.98. The summed E-state index contributed by atoms with van der Waals surface area (Å²) in [4.78, 5) is 6.96. The second-order valence-corrected chi connectivity index (χ2v) is 5.82. The lowest BCUT2D eigenvalue weighted by atomic mass is 10.1. The molecule has 0 bridgehead atoms. The summed E-state index contributed by atoms with van der Waals surface area (Å²) in [5, 5.41) is 3.53. The van der Waals surface area contributed by atoms with Gasteiger partial charge in [-0.2, -0.15) is 0 Å². The first-order valence-electron chi connectivity index (χ1n) is 8.22. The topological polar surface area (TPSA) is 37.4 Å². The molecular formula is C17H29N3O. The highest BCUT2D eigenvalue weighted by Crippen LogP contribution is 2.22. The molecule has 0 amide bonds. The number of pyridine rings is 1. The lowest BCUT2D eigenvalue weighted by Gasteiger charge is -2.32. The van der Waals surface area contributed by atoms with Gasteiger partial charge in [0.1, 0.15) is 0 Å². The number of ether oxygens (including phenoxy) is 1. The molecule has 4 nitrogen and oxygen atoms in total. The van der Waals surface area contributed by atoms with Crippen molar-refractivity contribution in [2.24, 2.45) is 0 Å². The molecule has 0 aliphatic heterocycles. The molecule has 0 spiro atoms. The van der Waals surface area contributed by atoms with Crippen molar-refractivity contribution in [2.75, 3.05) is 25.2 Å². The summed E-state index contributed by atoms with van der Waals surface area (Å²) in [7, 11) is 1.77. The van der Waals surface area contributed by atoms with E-state index < -0.39 is 0 Å². The van der Waals surface area contributed by atoms with Gasteiger partial charge >= 0.3 is 0 Å². The third-order valence-corrected chi connectivity index (χ3v) is 4.20. The van der Waals surface area contributed by atoms with E-state index in [2.05, 4.69) is 41.2 Å². The Labute approximate surface area is 128 Å². The molecule has 21 heavy (non-hydrogen) atoms. The third kappa shape index (κ3) is 4.97. The normalized spacial score (nSPS) is 14.7. The third-order valence-electron chi connectivity index (χ3n) is 4.20. The lowest BCUT2D eigenvalue weighted by molar-refractivity contribution is 0.202. The van der Waals surface area contributed by atoms with E-state index in [1.807, 2.05) is 6.20 Å². The van der Waals surface area contributed by atoms with Crippen LogP contribution in [0.15, 0.2) is 18.3 Å². The Morgan fingerprint density at radius 1 is 1.38 bits per heavy atom. The van der Waals surface area contributed by atoms with Crippen molar-refractivity contribution >= 4 is 5.69 Å². The van der Waals surface area contributed by atoms with Gasteiger partial charge < -0.3 is 15.0 Å². The molecule has 1 aromatic rings. The number of nitrogens with zero attached hydrogens (tertiary/aromatic N) is 2. The van der Waals surface area contributed by atoms with Gasteiger partial charge in [-0.15, -0.1) is 0 Å². The maximum Gasteiger partial charge on any atom is 0.0637 e. The maximum absolute atomic E-state index is 5.28. The summed E-state index contributed by atoms with van der Waals surface area (Å²) >= 11 is 0. The summed E-state index contributed by atoms with van der Waals surface area (Å²) in [6.45, 7) is 7.08. The number of rotatable bonds is 10. The van der Waals surface area contributed by atoms with Gasteiger partial charge in [-0.25, -0.2) is 0 Å². The number of hydrogen-bond donors (Lipinski definition) is 1. The maximum atomic E-state index is 5.28. The van der Waals surface area contributed by atoms with Crippen LogP contribution in [-0.2, 0) is 11.3 Å². The zero-order valence-electron chi connectivity index (χ0n) is 13.6. The van der Waals surface area contributed by atoms with E-state index in [0.717, 1.165) is 44.3 Å². The molecule has 1 fully saturated rings. The molecule has 0 radical (unpaired) electrons. The van der Waals surface area contributed by atoms with Gasteiger partial charge in [0.05, 0.1) is 12.3 Å². The zero-order chi connectivity index (χ0) is 15.1. The van der Waals surface area contributed by atoms with E-state index in [9.17, 15) is 0 Å². The Hall–Kier alpha value is -1.13. The highest BCUT2D eigenvalue weighted by molar-refractivity contribution is 5.47. The Morgan fingerprint density at radius 3 is 2.76 bits per heavy atom. The van der Waals surface area contributed by atoms with E-state index in [0.29, 0.717) is 6.04 Å². The second-order valence-electron chi connectivity index (χ2n) is 5.82. The minimum Gasteiger partial charge on any atom is -0.383 e. The van der Waals surface area contributed by atoms with Crippen LogP contribution in [0.1, 0.15) is 45.2 Å². The molecule has 1 aliphatic carbocycles. The molecule has 0 unspecified atom stereocenters. The van der Waals surface area contributed by atoms with Crippen LogP contribution >= 0.6 is 0 Å². The number of hydrogen-bond acceptors (Lipinski definition) is 4. The zero-order valence-corrected chi connectivity index (χ0v) is 13.6. The molecule has 0 saturated heterocycles. The van der Waals surface area contributed by atoms with Crippen LogP contribution in [-0.4, -0.2) is 37.3 Å². The fourth-order valence-electron chi connectivity index (χ4n) is 2.72. The molecule has 1 N–H and O–H groups in total. The first-order chi connectivity index (χ1) is 10.3. The Balaban J connectivity index is 2.07. The van der Waals surface area contributed by atoms with Crippen LogP contribution in [0.2, 0.25) is 0 Å². The summed E-state index contributed by atoms with van der Waals surface area (Å²) in [5.41, 5.74) is 2.40. The molecule has 1 saturated carbocycles. The summed E-state index contributed by atoms with van der Waals surface area (Å²) in [5.74, 6) is 0. The van der Waals surface area contributed by atoms with Crippen molar-refractivity contribution in [3.63, 3.8) is 0 Å². The van der Waals surface area contributed by atoms with Crippen LogP contribution in [0.4, 0.5) is 5.69 Å². The Morgan fingerprint density at radius 2 is 2.14 bits per heavy atom. The van der Waals surface area contributed by atoms with Crippen molar-refractivity contribution in [3.8, 4) is 0 Å². The molecule has 4 heteroatoms. The van der Waals surface area contributed by atoms with Crippen molar-refractivity contribution in [3.05, 3.63) is 24.0 Å². The van der Waals surface area contributed by atoms with Crippen LogP contribution < -0.4 is 10.2 Å². The van der Waals surface area contributed by atoms with Crippen molar-refractivity contribution in [1.82, 2.24) is 10.3 Å². The minimum atomic E-state index is 0.562. The fourth-order valence-corrected chi connectivity index (χ4v) is 2.72. The minimum absolute atomic E-state index is 0.562. The largest absolute Gasteiger partial charge is 0.383 e. The van der Waals surface area contributed by atoms with E-state index in [4.69, 9.17) is 4.74 Å².